The maximum absolute atomic E-state index is 6.91. The largest absolute Gasteiger partial charge is 0.456 e. The van der Waals surface area contributed by atoms with E-state index in [0.717, 1.165) is 99.5 Å². The fourth-order valence-electron chi connectivity index (χ4n) is 9.39. The van der Waals surface area contributed by atoms with Gasteiger partial charge in [0, 0.05) is 65.8 Å². The van der Waals surface area contributed by atoms with Crippen LogP contribution in [0.4, 0.5) is 0 Å². The lowest BCUT2D eigenvalue weighted by Crippen LogP contribution is -2.00. The molecular formula is C57H34N4O2. The molecule has 0 saturated carbocycles. The van der Waals surface area contributed by atoms with Gasteiger partial charge in [-0.1, -0.05) is 164 Å². The molecule has 0 aliphatic heterocycles. The van der Waals surface area contributed by atoms with Crippen LogP contribution in [0.25, 0.3) is 128 Å². The smallest absolute Gasteiger partial charge is 0.164 e. The van der Waals surface area contributed by atoms with Crippen LogP contribution >= 0.6 is 0 Å². The second kappa shape index (κ2) is 14.0. The van der Waals surface area contributed by atoms with E-state index in [-0.39, 0.29) is 0 Å². The highest BCUT2D eigenvalue weighted by Gasteiger charge is 2.22. The number of nitrogens with zero attached hydrogens (tertiary/aromatic N) is 4. The minimum Gasteiger partial charge on any atom is -0.456 e. The van der Waals surface area contributed by atoms with E-state index < -0.39 is 0 Å². The van der Waals surface area contributed by atoms with E-state index in [1.165, 1.54) is 10.8 Å². The van der Waals surface area contributed by atoms with Gasteiger partial charge in [-0.3, -0.25) is 0 Å². The predicted octanol–water partition coefficient (Wildman–Crippen LogP) is 15.1. The molecule has 0 amide bonds. The van der Waals surface area contributed by atoms with Crippen LogP contribution in [0.1, 0.15) is 0 Å². The fraction of sp³-hybridized carbons (Fsp3) is 0. The van der Waals surface area contributed by atoms with Gasteiger partial charge in [0.25, 0.3) is 0 Å². The summed E-state index contributed by atoms with van der Waals surface area (Å²) in [4.78, 5) is 15.4. The molecule has 0 aliphatic rings. The molecule has 13 aromatic rings. The van der Waals surface area contributed by atoms with Crippen LogP contribution in [0.5, 0.6) is 0 Å². The summed E-state index contributed by atoms with van der Waals surface area (Å²) in [6, 6.07) is 71.4. The molecule has 6 heteroatoms. The summed E-state index contributed by atoms with van der Waals surface area (Å²) >= 11 is 0. The molecule has 63 heavy (non-hydrogen) atoms. The molecular weight excluding hydrogens is 773 g/mol. The number of hydrogen-bond acceptors (Lipinski definition) is 5. The summed E-state index contributed by atoms with van der Waals surface area (Å²) in [6.07, 6.45) is 0. The van der Waals surface area contributed by atoms with Crippen molar-refractivity contribution in [2.45, 2.75) is 0 Å². The molecule has 0 bridgehead atoms. The number of para-hydroxylation sites is 5. The fourth-order valence-corrected chi connectivity index (χ4v) is 9.39. The second-order valence-corrected chi connectivity index (χ2v) is 15.9. The molecule has 4 heterocycles. The van der Waals surface area contributed by atoms with Crippen molar-refractivity contribution in [2.75, 3.05) is 0 Å². The van der Waals surface area contributed by atoms with Gasteiger partial charge in [0.05, 0.1) is 11.0 Å². The van der Waals surface area contributed by atoms with Gasteiger partial charge in [0.2, 0.25) is 0 Å². The average molecular weight is 807 g/mol. The zero-order valence-electron chi connectivity index (χ0n) is 33.7. The van der Waals surface area contributed by atoms with E-state index in [9.17, 15) is 0 Å². The maximum Gasteiger partial charge on any atom is 0.164 e. The summed E-state index contributed by atoms with van der Waals surface area (Å²) in [5.74, 6) is 1.76. The third kappa shape index (κ3) is 5.62. The molecule has 0 N–H and O–H groups in total. The van der Waals surface area contributed by atoms with E-state index >= 15 is 0 Å². The molecule has 0 unspecified atom stereocenters. The molecule has 0 fully saturated rings. The van der Waals surface area contributed by atoms with Gasteiger partial charge in [-0.2, -0.15) is 0 Å². The number of hydrogen-bond donors (Lipinski definition) is 0. The predicted molar refractivity (Wildman–Crippen MR) is 256 cm³/mol. The quantitative estimate of drug-likeness (QED) is 0.167. The Kier molecular flexibility index (Phi) is 7.80. The first-order valence-electron chi connectivity index (χ1n) is 21.1. The van der Waals surface area contributed by atoms with Crippen LogP contribution in [-0.4, -0.2) is 19.5 Å². The minimum atomic E-state index is 0.572. The lowest BCUT2D eigenvalue weighted by Gasteiger charge is -2.12. The Hall–Kier alpha value is -8.61. The topological polar surface area (TPSA) is 69.9 Å². The van der Waals surface area contributed by atoms with Crippen LogP contribution in [-0.2, 0) is 0 Å². The molecule has 9 aromatic carbocycles. The number of rotatable bonds is 6. The molecule has 0 radical (unpaired) electrons. The third-order valence-corrected chi connectivity index (χ3v) is 12.3. The molecule has 294 valence electrons. The van der Waals surface area contributed by atoms with Gasteiger partial charge in [-0.15, -0.1) is 0 Å². The minimum absolute atomic E-state index is 0.572. The molecule has 0 saturated heterocycles. The standard InChI is InChI=1S/C57H34N4O2/c1-3-14-36(15-4-1)55-58-56(37-30-28-35(29-31-37)38-32-33-42-41-19-8-10-26-49(41)62-51(42)34-38)60-57(59-55)47-24-13-27-50-52(47)46-23-12-22-45(54(46)63-50)44-21-11-20-43-40-18-7-9-25-48(40)61(53(43)44)39-16-5-2-6-17-39/h1-34H. The highest BCUT2D eigenvalue weighted by Crippen LogP contribution is 2.44. The van der Waals surface area contributed by atoms with Crippen molar-refractivity contribution < 1.29 is 8.83 Å². The van der Waals surface area contributed by atoms with Gasteiger partial charge in [0.15, 0.2) is 17.5 Å². The first-order chi connectivity index (χ1) is 31.2. The van der Waals surface area contributed by atoms with Gasteiger partial charge >= 0.3 is 0 Å². The number of furan rings is 2. The highest BCUT2D eigenvalue weighted by molar-refractivity contribution is 6.19. The van der Waals surface area contributed by atoms with Crippen LogP contribution in [0.15, 0.2) is 215 Å². The maximum atomic E-state index is 6.91. The summed E-state index contributed by atoms with van der Waals surface area (Å²) in [7, 11) is 0. The van der Waals surface area contributed by atoms with Gasteiger partial charge < -0.3 is 13.4 Å². The van der Waals surface area contributed by atoms with Crippen LogP contribution in [0.3, 0.4) is 0 Å². The zero-order chi connectivity index (χ0) is 41.4. The second-order valence-electron chi connectivity index (χ2n) is 15.9. The van der Waals surface area contributed by atoms with Gasteiger partial charge in [-0.05, 0) is 53.6 Å². The van der Waals surface area contributed by atoms with Crippen molar-refractivity contribution in [2.24, 2.45) is 0 Å². The summed E-state index contributed by atoms with van der Waals surface area (Å²) in [6.45, 7) is 0. The van der Waals surface area contributed by atoms with E-state index in [2.05, 4.69) is 150 Å². The van der Waals surface area contributed by atoms with Gasteiger partial charge in [-0.25, -0.2) is 15.0 Å². The molecule has 0 aliphatic carbocycles. The van der Waals surface area contributed by atoms with E-state index in [4.69, 9.17) is 23.8 Å². The average Bonchev–Trinajstić information content (AvgIpc) is 4.04. The number of aromatic nitrogens is 4. The summed E-state index contributed by atoms with van der Waals surface area (Å²) < 4.78 is 15.5. The van der Waals surface area contributed by atoms with Crippen molar-refractivity contribution in [3.05, 3.63) is 206 Å². The molecule has 0 spiro atoms. The Morgan fingerprint density at radius 2 is 0.905 bits per heavy atom. The third-order valence-electron chi connectivity index (χ3n) is 12.3. The van der Waals surface area contributed by atoms with Crippen LogP contribution < -0.4 is 0 Å². The number of benzene rings is 9. The Balaban J connectivity index is 0.965. The normalized spacial score (nSPS) is 11.8. The molecule has 4 aromatic heterocycles. The van der Waals surface area contributed by atoms with Crippen molar-refractivity contribution in [1.29, 1.82) is 0 Å². The van der Waals surface area contributed by atoms with Crippen LogP contribution in [0, 0.1) is 0 Å². The highest BCUT2D eigenvalue weighted by atomic mass is 16.3. The van der Waals surface area contributed by atoms with E-state index in [1.807, 2.05) is 60.7 Å². The van der Waals surface area contributed by atoms with Crippen molar-refractivity contribution in [3.63, 3.8) is 0 Å². The monoisotopic (exact) mass is 806 g/mol. The zero-order valence-corrected chi connectivity index (χ0v) is 33.7. The summed E-state index contributed by atoms with van der Waals surface area (Å²) in [5, 5.41) is 6.57. The van der Waals surface area contributed by atoms with E-state index in [1.54, 1.807) is 0 Å². The Bertz CT molecular complexity index is 3900. The van der Waals surface area contributed by atoms with Crippen molar-refractivity contribution >= 4 is 65.7 Å². The summed E-state index contributed by atoms with van der Waals surface area (Å²) in [5.41, 5.74) is 13.6. The molecule has 6 nitrogen and oxygen atoms in total. The Morgan fingerprint density at radius 3 is 1.73 bits per heavy atom. The Labute approximate surface area is 361 Å². The first-order valence-corrected chi connectivity index (χ1v) is 21.1. The first kappa shape index (κ1) is 35.2. The SMILES string of the molecule is c1ccc(-c2nc(-c3ccc(-c4ccc5c(c4)oc4ccccc45)cc3)nc(-c3cccc4oc5c(-c6cccc7c8ccccc8n(-c8ccccc8)c67)cccc5c34)n2)cc1. The molecule has 13 rings (SSSR count). The van der Waals surface area contributed by atoms with Gasteiger partial charge in [0.1, 0.15) is 22.3 Å². The number of fused-ring (bicyclic) bond motifs is 9. The van der Waals surface area contributed by atoms with Crippen LogP contribution in [0.2, 0.25) is 0 Å². The molecule has 0 atom stereocenters. The van der Waals surface area contributed by atoms with Crippen molar-refractivity contribution in [1.82, 2.24) is 19.5 Å². The lowest BCUT2D eigenvalue weighted by molar-refractivity contribution is 0.669. The van der Waals surface area contributed by atoms with Crippen molar-refractivity contribution in [3.8, 4) is 62.1 Å². The lowest BCUT2D eigenvalue weighted by atomic mass is 9.98. The van der Waals surface area contributed by atoms with E-state index in [0.29, 0.717) is 17.5 Å². The Morgan fingerprint density at radius 1 is 0.333 bits per heavy atom.